The number of hydrogen-bond donors (Lipinski definition) is 0. The summed E-state index contributed by atoms with van der Waals surface area (Å²) in [5.74, 6) is 2.06. The minimum atomic E-state index is 0.664. The molecule has 132 heavy (non-hydrogen) atoms. The fourth-order valence-corrected chi connectivity index (χ4v) is 19.3. The van der Waals surface area contributed by atoms with Crippen molar-refractivity contribution >= 4 is 97.0 Å². The highest BCUT2D eigenvalue weighted by Crippen LogP contribution is 2.45. The Labute approximate surface area is 765 Å². The lowest BCUT2D eigenvalue weighted by molar-refractivity contribution is 1.07. The molecule has 0 aliphatic heterocycles. The average Bonchev–Trinajstić information content (AvgIpc) is 0.752. The van der Waals surface area contributed by atoms with Gasteiger partial charge in [-0.15, -0.1) is 0 Å². The van der Waals surface area contributed by atoms with E-state index in [2.05, 4.69) is 415 Å². The molecule has 0 radical (unpaired) electrons. The summed E-state index contributed by atoms with van der Waals surface area (Å²) in [4.78, 5) is 28.4. The molecule has 25 aromatic rings. The van der Waals surface area contributed by atoms with E-state index in [1.165, 1.54) is 147 Å². The maximum atomic E-state index is 5.12. The highest BCUT2D eigenvalue weighted by molar-refractivity contribution is 6.28. The molecule has 0 atom stereocenters. The van der Waals surface area contributed by atoms with Crippen molar-refractivity contribution in [2.75, 3.05) is 0 Å². The number of rotatable bonds is 13. The number of fused-ring (bicyclic) bond motifs is 18. The van der Waals surface area contributed by atoms with E-state index >= 15 is 0 Å². The van der Waals surface area contributed by atoms with Gasteiger partial charge in [0.1, 0.15) is 6.33 Å². The van der Waals surface area contributed by atoms with Gasteiger partial charge in [-0.3, -0.25) is 0 Å². The Balaban J connectivity index is 0.000000113. The Morgan fingerprint density at radius 3 is 0.780 bits per heavy atom. The molecule has 0 amide bonds. The monoisotopic (exact) mass is 1680 g/mol. The first kappa shape index (κ1) is 79.1. The number of nitrogens with zero attached hydrogens (tertiary/aromatic N) is 6. The highest BCUT2D eigenvalue weighted by atomic mass is 15.0. The predicted octanol–water partition coefficient (Wildman–Crippen LogP) is 33.5. The van der Waals surface area contributed by atoms with Crippen molar-refractivity contribution in [2.45, 2.75) is 0 Å². The first-order valence-corrected chi connectivity index (χ1v) is 44.8. The fourth-order valence-electron chi connectivity index (χ4n) is 19.3. The second-order valence-electron chi connectivity index (χ2n) is 33.4. The van der Waals surface area contributed by atoms with Gasteiger partial charge in [0.05, 0.1) is 17.1 Å². The summed E-state index contributed by atoms with van der Waals surface area (Å²) in [6.07, 6.45) is 3.44. The molecule has 0 fully saturated rings. The van der Waals surface area contributed by atoms with Gasteiger partial charge in [0, 0.05) is 39.6 Å². The van der Waals surface area contributed by atoms with E-state index in [0.717, 1.165) is 84.1 Å². The van der Waals surface area contributed by atoms with Crippen LogP contribution in [0.3, 0.4) is 0 Å². The summed E-state index contributed by atoms with van der Waals surface area (Å²) in [6, 6.07) is 173. The largest absolute Gasteiger partial charge is 0.248 e. The minimum absolute atomic E-state index is 0.664. The van der Waals surface area contributed by atoms with Crippen LogP contribution in [-0.4, -0.2) is 29.9 Å². The third-order valence-corrected chi connectivity index (χ3v) is 25.7. The van der Waals surface area contributed by atoms with Gasteiger partial charge >= 0.3 is 0 Å². The molecule has 0 aliphatic carbocycles. The Hall–Kier alpha value is -17.6. The summed E-state index contributed by atoms with van der Waals surface area (Å²) in [5, 5.41) is 23.2. The lowest BCUT2D eigenvalue weighted by Gasteiger charge is -2.15. The number of hydrogen-bond acceptors (Lipinski definition) is 6. The second-order valence-corrected chi connectivity index (χ2v) is 33.4. The normalized spacial score (nSPS) is 11.3. The Kier molecular flexibility index (Phi) is 21.0. The summed E-state index contributed by atoms with van der Waals surface area (Å²) < 4.78 is 0. The predicted molar refractivity (Wildman–Crippen MR) is 554 cm³/mol. The van der Waals surface area contributed by atoms with Crippen LogP contribution in [-0.2, 0) is 0 Å². The quantitative estimate of drug-likeness (QED) is 0.107. The average molecular weight is 1680 g/mol. The minimum Gasteiger partial charge on any atom is -0.248 e. The van der Waals surface area contributed by atoms with Crippen LogP contribution in [0.25, 0.3) is 243 Å². The van der Waals surface area contributed by atoms with Gasteiger partial charge in [0.2, 0.25) is 0 Å². The van der Waals surface area contributed by atoms with Crippen molar-refractivity contribution in [3.8, 4) is 146 Å². The molecule has 3 aromatic heterocycles. The highest BCUT2D eigenvalue weighted by Gasteiger charge is 2.20. The maximum absolute atomic E-state index is 5.12. The Morgan fingerprint density at radius 1 is 0.114 bits per heavy atom. The molecule has 616 valence electrons. The molecule has 0 saturated carbocycles. The third kappa shape index (κ3) is 15.3. The standard InChI is InChI=1S/C47H31N.C40H26N2.C39H25N3/c1-3-14-32(15-4-1)46-30-37(31-47(48-46)33-16-5-2-6-17-33)39-21-8-7-20-38(39)36-19-13-18-34(28-36)35-26-27-44-42-24-10-9-22-40(42)41-23-11-12-25-43(41)45(44)29-35;1-2-10-29(11-3-1)40-41-25-24-39(42-40)37-17-9-4-12-31(37)28-20-18-27(19-21-28)30-22-23-36-34-15-6-5-13-32(34)33-14-7-8-16-35(33)38(36)26-30;1-2-10-28(11-3-1)38-40-25-41-39(42-38)36-17-9-4-12-30(36)27-20-18-26(19-21-27)29-22-23-35-33-15-6-5-13-31(33)32-14-7-8-16-34(32)37(35)24-29/h1-31H;1-26H;1-25H. The maximum Gasteiger partial charge on any atom is 0.163 e. The molecule has 0 spiro atoms. The van der Waals surface area contributed by atoms with Gasteiger partial charge in [-0.25, -0.2) is 29.9 Å². The van der Waals surface area contributed by atoms with Crippen LogP contribution in [0, 0.1) is 0 Å². The molecule has 0 N–H and O–H groups in total. The summed E-state index contributed by atoms with van der Waals surface area (Å²) in [7, 11) is 0. The molecule has 3 heterocycles. The zero-order valence-corrected chi connectivity index (χ0v) is 72.0. The van der Waals surface area contributed by atoms with E-state index in [1.54, 1.807) is 6.33 Å². The van der Waals surface area contributed by atoms with Crippen LogP contribution < -0.4 is 0 Å². The first-order valence-electron chi connectivity index (χ1n) is 44.8. The zero-order valence-electron chi connectivity index (χ0n) is 72.0. The lowest BCUT2D eigenvalue weighted by Crippen LogP contribution is -1.96. The van der Waals surface area contributed by atoms with Crippen LogP contribution in [0.5, 0.6) is 0 Å². The Bertz CT molecular complexity index is 8190. The smallest absolute Gasteiger partial charge is 0.163 e. The second kappa shape index (κ2) is 35.0. The summed E-state index contributed by atoms with van der Waals surface area (Å²) in [6.45, 7) is 0. The fraction of sp³-hybridized carbons (Fsp3) is 0. The van der Waals surface area contributed by atoms with Crippen LogP contribution in [0.2, 0.25) is 0 Å². The van der Waals surface area contributed by atoms with E-state index in [1.807, 2.05) is 91.1 Å². The third-order valence-electron chi connectivity index (χ3n) is 25.7. The molecular weight excluding hydrogens is 1600 g/mol. The van der Waals surface area contributed by atoms with Crippen LogP contribution in [0.4, 0.5) is 0 Å². The molecule has 25 rings (SSSR count). The number of benzene rings is 22. The topological polar surface area (TPSA) is 77.3 Å². The molecular formula is C126H82N6. The molecule has 0 aliphatic rings. The van der Waals surface area contributed by atoms with Crippen molar-refractivity contribution in [1.29, 1.82) is 0 Å². The van der Waals surface area contributed by atoms with Gasteiger partial charge < -0.3 is 0 Å². The van der Waals surface area contributed by atoms with Crippen LogP contribution in [0.1, 0.15) is 0 Å². The van der Waals surface area contributed by atoms with Crippen molar-refractivity contribution in [2.24, 2.45) is 0 Å². The van der Waals surface area contributed by atoms with Crippen molar-refractivity contribution in [3.05, 3.63) is 498 Å². The molecule has 0 bridgehead atoms. The summed E-state index contributed by atoms with van der Waals surface area (Å²) in [5.41, 5.74) is 25.5. The van der Waals surface area contributed by atoms with Gasteiger partial charge in [-0.05, 0) is 217 Å². The van der Waals surface area contributed by atoms with Crippen LogP contribution in [0.15, 0.2) is 498 Å². The van der Waals surface area contributed by atoms with Gasteiger partial charge in [0.25, 0.3) is 0 Å². The van der Waals surface area contributed by atoms with E-state index in [0.29, 0.717) is 11.6 Å². The summed E-state index contributed by atoms with van der Waals surface area (Å²) >= 11 is 0. The Morgan fingerprint density at radius 2 is 0.379 bits per heavy atom. The molecule has 6 nitrogen and oxygen atoms in total. The van der Waals surface area contributed by atoms with Gasteiger partial charge in [0.15, 0.2) is 17.5 Å². The zero-order chi connectivity index (χ0) is 87.6. The van der Waals surface area contributed by atoms with E-state index in [-0.39, 0.29) is 0 Å². The van der Waals surface area contributed by atoms with Crippen molar-refractivity contribution in [1.82, 2.24) is 29.9 Å². The van der Waals surface area contributed by atoms with Crippen molar-refractivity contribution < 1.29 is 0 Å². The van der Waals surface area contributed by atoms with Crippen LogP contribution >= 0.6 is 0 Å². The van der Waals surface area contributed by atoms with E-state index in [9.17, 15) is 0 Å². The molecule has 0 unspecified atom stereocenters. The lowest BCUT2D eigenvalue weighted by atomic mass is 9.90. The molecule has 6 heteroatoms. The molecule has 0 saturated heterocycles. The number of pyridine rings is 1. The van der Waals surface area contributed by atoms with Gasteiger partial charge in [-0.1, -0.05) is 443 Å². The van der Waals surface area contributed by atoms with E-state index in [4.69, 9.17) is 15.0 Å². The first-order chi connectivity index (χ1) is 65.5. The SMILES string of the molecule is c1ccc(-c2cc(-c3ccccc3-c3cccc(-c4ccc5c6ccccc6c6ccccc6c5c4)c3)cc(-c3ccccc3)n2)cc1.c1ccc(-c2nccc(-c3ccccc3-c3ccc(-c4ccc5c6ccccc6c6ccccc6c5c4)cc3)n2)cc1.c1ccc(-c2ncnc(-c3ccccc3-c3ccc(-c4ccc5c6ccccc6c6ccccc6c5c4)cc3)n2)cc1. The van der Waals surface area contributed by atoms with Gasteiger partial charge in [-0.2, -0.15) is 0 Å². The van der Waals surface area contributed by atoms with Crippen molar-refractivity contribution in [3.63, 3.8) is 0 Å². The molecule has 22 aromatic carbocycles. The number of aromatic nitrogens is 6. The van der Waals surface area contributed by atoms with E-state index < -0.39 is 0 Å².